The van der Waals surface area contributed by atoms with Crippen molar-refractivity contribution in [3.8, 4) is 5.75 Å². The molecule has 1 saturated heterocycles. The van der Waals surface area contributed by atoms with Crippen molar-refractivity contribution in [2.45, 2.75) is 59.1 Å². The minimum atomic E-state index is -0.439. The fourth-order valence-electron chi connectivity index (χ4n) is 2.68. The van der Waals surface area contributed by atoms with Crippen LogP contribution in [0.25, 0.3) is 0 Å². The van der Waals surface area contributed by atoms with Gasteiger partial charge in [-0.2, -0.15) is 0 Å². The van der Waals surface area contributed by atoms with Gasteiger partial charge in [0.1, 0.15) is 11.4 Å². The van der Waals surface area contributed by atoms with E-state index in [9.17, 15) is 4.79 Å². The Morgan fingerprint density at radius 2 is 1.80 bits per heavy atom. The number of anilines is 1. The Hall–Kier alpha value is -1.91. The Balaban J connectivity index is 1.77. The van der Waals surface area contributed by atoms with Gasteiger partial charge in [-0.15, -0.1) is 0 Å². The van der Waals surface area contributed by atoms with Crippen molar-refractivity contribution in [3.63, 3.8) is 0 Å². The molecule has 0 saturated carbocycles. The van der Waals surface area contributed by atoms with Crippen LogP contribution in [0.2, 0.25) is 0 Å². The summed E-state index contributed by atoms with van der Waals surface area (Å²) in [6.07, 6.45) is 1.63. The number of hydrogen-bond donors (Lipinski definition) is 1. The fraction of sp³-hybridized carbons (Fsp3) is 0.650. The molecule has 0 bridgehead atoms. The van der Waals surface area contributed by atoms with Crippen LogP contribution in [0.4, 0.5) is 10.5 Å². The zero-order valence-corrected chi connectivity index (χ0v) is 16.2. The molecule has 1 aliphatic rings. The predicted octanol–water partition coefficient (Wildman–Crippen LogP) is 4.53. The number of carbonyl (C=O) groups excluding carboxylic acids is 1. The number of nitrogens with zero attached hydrogens (tertiary/aromatic N) is 1. The zero-order chi connectivity index (χ0) is 18.4. The standard InChI is InChI=1S/C20H32N2O3/c1-15(2)14-24-18-8-6-16(7-9-18)21-17-10-12-22(13-11-17)19(23)25-20(3,4)5/h6-9,15,17,21H,10-14H2,1-5H3. The van der Waals surface area contributed by atoms with Gasteiger partial charge in [-0.1, -0.05) is 13.8 Å². The lowest BCUT2D eigenvalue weighted by Crippen LogP contribution is -2.44. The second kappa shape index (κ2) is 8.45. The molecule has 0 spiro atoms. The largest absolute Gasteiger partial charge is 0.493 e. The summed E-state index contributed by atoms with van der Waals surface area (Å²) < 4.78 is 11.1. The Labute approximate surface area is 151 Å². The topological polar surface area (TPSA) is 50.8 Å². The number of benzene rings is 1. The average molecular weight is 348 g/mol. The molecule has 0 unspecified atom stereocenters. The van der Waals surface area contributed by atoms with Crippen molar-refractivity contribution in [1.29, 1.82) is 0 Å². The molecule has 1 aliphatic heterocycles. The number of likely N-dealkylation sites (tertiary alicyclic amines) is 1. The summed E-state index contributed by atoms with van der Waals surface area (Å²) in [5.74, 6) is 1.42. The quantitative estimate of drug-likeness (QED) is 0.849. The van der Waals surface area contributed by atoms with Gasteiger partial charge < -0.3 is 19.7 Å². The van der Waals surface area contributed by atoms with Gasteiger partial charge in [0.15, 0.2) is 0 Å². The molecule has 5 nitrogen and oxygen atoms in total. The van der Waals surface area contributed by atoms with Gasteiger partial charge in [0.2, 0.25) is 0 Å². The minimum absolute atomic E-state index is 0.211. The Bertz CT molecular complexity index is 541. The van der Waals surface area contributed by atoms with Gasteiger partial charge in [-0.05, 0) is 63.8 Å². The van der Waals surface area contributed by atoms with Crippen LogP contribution in [-0.2, 0) is 4.74 Å². The molecule has 1 amide bonds. The van der Waals surface area contributed by atoms with Gasteiger partial charge in [-0.25, -0.2) is 4.79 Å². The highest BCUT2D eigenvalue weighted by Gasteiger charge is 2.26. The zero-order valence-electron chi connectivity index (χ0n) is 16.2. The molecule has 25 heavy (non-hydrogen) atoms. The molecule has 2 rings (SSSR count). The number of piperidine rings is 1. The maximum atomic E-state index is 12.1. The molecule has 0 aromatic heterocycles. The van der Waals surface area contributed by atoms with Crippen LogP contribution in [-0.4, -0.2) is 42.3 Å². The smallest absolute Gasteiger partial charge is 0.410 e. The predicted molar refractivity (Wildman–Crippen MR) is 101 cm³/mol. The molecule has 1 fully saturated rings. The summed E-state index contributed by atoms with van der Waals surface area (Å²) in [6.45, 7) is 12.1. The summed E-state index contributed by atoms with van der Waals surface area (Å²) in [4.78, 5) is 13.9. The summed E-state index contributed by atoms with van der Waals surface area (Å²) in [6, 6.07) is 8.48. The summed E-state index contributed by atoms with van der Waals surface area (Å²) >= 11 is 0. The molecular formula is C20H32N2O3. The van der Waals surface area contributed by atoms with Crippen molar-refractivity contribution in [2.24, 2.45) is 5.92 Å². The lowest BCUT2D eigenvalue weighted by atomic mass is 10.0. The lowest BCUT2D eigenvalue weighted by molar-refractivity contribution is 0.0210. The lowest BCUT2D eigenvalue weighted by Gasteiger charge is -2.34. The SMILES string of the molecule is CC(C)COc1ccc(NC2CCN(C(=O)OC(C)(C)C)CC2)cc1. The van der Waals surface area contributed by atoms with Crippen molar-refractivity contribution in [3.05, 3.63) is 24.3 Å². The van der Waals surface area contributed by atoms with E-state index in [1.54, 1.807) is 4.90 Å². The highest BCUT2D eigenvalue weighted by molar-refractivity contribution is 5.68. The van der Waals surface area contributed by atoms with E-state index in [0.717, 1.165) is 44.0 Å². The van der Waals surface area contributed by atoms with E-state index in [1.807, 2.05) is 32.9 Å². The van der Waals surface area contributed by atoms with Crippen LogP contribution in [0.1, 0.15) is 47.5 Å². The maximum absolute atomic E-state index is 12.1. The molecule has 0 atom stereocenters. The highest BCUT2D eigenvalue weighted by atomic mass is 16.6. The van der Waals surface area contributed by atoms with Gasteiger partial charge in [0, 0.05) is 24.8 Å². The van der Waals surface area contributed by atoms with Crippen LogP contribution in [0.5, 0.6) is 5.75 Å². The molecule has 140 valence electrons. The minimum Gasteiger partial charge on any atom is -0.493 e. The Morgan fingerprint density at radius 3 is 2.32 bits per heavy atom. The normalized spacial score (nSPS) is 16.0. The highest BCUT2D eigenvalue weighted by Crippen LogP contribution is 2.21. The third-order valence-corrected chi connectivity index (χ3v) is 3.96. The second-order valence-corrected chi connectivity index (χ2v) is 8.12. The summed E-state index contributed by atoms with van der Waals surface area (Å²) in [7, 11) is 0. The van der Waals surface area contributed by atoms with Crippen molar-refractivity contribution < 1.29 is 14.3 Å². The molecule has 1 aromatic rings. The number of nitrogens with one attached hydrogen (secondary N) is 1. The second-order valence-electron chi connectivity index (χ2n) is 8.12. The number of carbonyl (C=O) groups is 1. The number of hydrogen-bond acceptors (Lipinski definition) is 4. The van der Waals surface area contributed by atoms with Crippen molar-refractivity contribution >= 4 is 11.8 Å². The Morgan fingerprint density at radius 1 is 1.20 bits per heavy atom. The van der Waals surface area contributed by atoms with Crippen LogP contribution >= 0.6 is 0 Å². The van der Waals surface area contributed by atoms with E-state index in [-0.39, 0.29) is 6.09 Å². The Kier molecular flexibility index (Phi) is 6.57. The van der Waals surface area contributed by atoms with E-state index in [2.05, 4.69) is 31.3 Å². The van der Waals surface area contributed by atoms with Gasteiger partial charge in [0.25, 0.3) is 0 Å². The van der Waals surface area contributed by atoms with Gasteiger partial charge >= 0.3 is 6.09 Å². The molecule has 1 heterocycles. The monoisotopic (exact) mass is 348 g/mol. The first kappa shape index (κ1) is 19.4. The average Bonchev–Trinajstić information content (AvgIpc) is 2.53. The summed E-state index contributed by atoms with van der Waals surface area (Å²) in [5.41, 5.74) is 0.651. The molecular weight excluding hydrogens is 316 g/mol. The first-order chi connectivity index (χ1) is 11.7. The molecule has 0 aliphatic carbocycles. The first-order valence-corrected chi connectivity index (χ1v) is 9.20. The third-order valence-electron chi connectivity index (χ3n) is 3.96. The van der Waals surface area contributed by atoms with Crippen LogP contribution in [0, 0.1) is 5.92 Å². The van der Waals surface area contributed by atoms with Crippen LogP contribution < -0.4 is 10.1 Å². The van der Waals surface area contributed by atoms with Gasteiger partial charge in [-0.3, -0.25) is 0 Å². The molecule has 1 aromatic carbocycles. The number of amides is 1. The first-order valence-electron chi connectivity index (χ1n) is 9.20. The number of rotatable bonds is 5. The maximum Gasteiger partial charge on any atom is 0.410 e. The third kappa shape index (κ3) is 6.85. The number of ether oxygens (including phenoxy) is 2. The fourth-order valence-corrected chi connectivity index (χ4v) is 2.68. The summed E-state index contributed by atoms with van der Waals surface area (Å²) in [5, 5.41) is 3.55. The van der Waals surface area contributed by atoms with Crippen LogP contribution in [0.3, 0.4) is 0 Å². The van der Waals surface area contributed by atoms with E-state index in [4.69, 9.17) is 9.47 Å². The van der Waals surface area contributed by atoms with Crippen LogP contribution in [0.15, 0.2) is 24.3 Å². The molecule has 0 radical (unpaired) electrons. The van der Waals surface area contributed by atoms with Gasteiger partial charge in [0.05, 0.1) is 6.61 Å². The van der Waals surface area contributed by atoms with Crippen molar-refractivity contribution in [2.75, 3.05) is 25.0 Å². The van der Waals surface area contributed by atoms with E-state index in [0.29, 0.717) is 12.0 Å². The molecule has 5 heteroatoms. The van der Waals surface area contributed by atoms with E-state index in [1.165, 1.54) is 0 Å². The van der Waals surface area contributed by atoms with Crippen molar-refractivity contribution in [1.82, 2.24) is 4.90 Å². The molecule has 1 N–H and O–H groups in total. The van der Waals surface area contributed by atoms with E-state index >= 15 is 0 Å². The van der Waals surface area contributed by atoms with E-state index < -0.39 is 5.60 Å².